The molecule has 2 rings (SSSR count). The van der Waals surface area contributed by atoms with Gasteiger partial charge >= 0.3 is 0 Å². The molecular formula is C22H34IN5O. The van der Waals surface area contributed by atoms with E-state index in [4.69, 9.17) is 9.73 Å². The lowest BCUT2D eigenvalue weighted by Crippen LogP contribution is -2.43. The largest absolute Gasteiger partial charge is 0.489 e. The van der Waals surface area contributed by atoms with Gasteiger partial charge in [-0.15, -0.1) is 24.0 Å². The summed E-state index contributed by atoms with van der Waals surface area (Å²) in [6.45, 7) is 13.9. The molecule has 6 nitrogen and oxygen atoms in total. The van der Waals surface area contributed by atoms with E-state index in [1.165, 1.54) is 11.3 Å². The quantitative estimate of drug-likeness (QED) is 0.232. The lowest BCUT2D eigenvalue weighted by atomic mass is 10.1. The summed E-state index contributed by atoms with van der Waals surface area (Å²) in [5, 5.41) is 11.3. The van der Waals surface area contributed by atoms with Crippen LogP contribution in [0.2, 0.25) is 0 Å². The number of ether oxygens (including phenoxy) is 1. The number of halogens is 1. The maximum Gasteiger partial charge on any atom is 0.191 e. The van der Waals surface area contributed by atoms with Crippen LogP contribution in [0.25, 0.3) is 0 Å². The van der Waals surface area contributed by atoms with E-state index in [1.807, 2.05) is 36.0 Å². The third-order valence-electron chi connectivity index (χ3n) is 4.63. The van der Waals surface area contributed by atoms with E-state index >= 15 is 0 Å². The molecule has 0 aliphatic rings. The smallest absolute Gasteiger partial charge is 0.191 e. The third-order valence-corrected chi connectivity index (χ3v) is 4.63. The number of guanidine groups is 1. The Balaban J connectivity index is 0.00000420. The predicted octanol–water partition coefficient (Wildman–Crippen LogP) is 3.91. The minimum Gasteiger partial charge on any atom is -0.489 e. The lowest BCUT2D eigenvalue weighted by molar-refractivity contribution is 0.359. The molecule has 1 unspecified atom stereocenters. The van der Waals surface area contributed by atoms with Crippen molar-refractivity contribution in [2.45, 2.75) is 46.7 Å². The normalized spacial score (nSPS) is 12.1. The van der Waals surface area contributed by atoms with Gasteiger partial charge in [-0.05, 0) is 45.7 Å². The Kier molecular flexibility index (Phi) is 10.8. The Morgan fingerprint density at radius 3 is 2.69 bits per heavy atom. The molecule has 0 spiro atoms. The van der Waals surface area contributed by atoms with Gasteiger partial charge in [0.25, 0.3) is 0 Å². The molecule has 1 heterocycles. The van der Waals surface area contributed by atoms with Gasteiger partial charge in [0.15, 0.2) is 5.96 Å². The van der Waals surface area contributed by atoms with Crippen molar-refractivity contribution in [1.82, 2.24) is 20.4 Å². The van der Waals surface area contributed by atoms with Crippen molar-refractivity contribution in [1.29, 1.82) is 0 Å². The minimum absolute atomic E-state index is 0. The summed E-state index contributed by atoms with van der Waals surface area (Å²) in [6.07, 6.45) is 2.64. The molecule has 29 heavy (non-hydrogen) atoms. The van der Waals surface area contributed by atoms with Gasteiger partial charge in [0.05, 0.1) is 12.2 Å². The zero-order chi connectivity index (χ0) is 20.5. The van der Waals surface area contributed by atoms with Gasteiger partial charge in [0, 0.05) is 30.9 Å². The second kappa shape index (κ2) is 12.5. The number of para-hydroxylation sites is 1. The first kappa shape index (κ1) is 25.0. The molecule has 0 amide bonds. The van der Waals surface area contributed by atoms with Crippen LogP contribution in [0.5, 0.6) is 5.75 Å². The van der Waals surface area contributed by atoms with E-state index in [1.54, 1.807) is 6.08 Å². The van der Waals surface area contributed by atoms with E-state index in [9.17, 15) is 0 Å². The topological polar surface area (TPSA) is 63.5 Å². The molecule has 2 N–H and O–H groups in total. The highest BCUT2D eigenvalue weighted by molar-refractivity contribution is 14.0. The second-order valence-corrected chi connectivity index (χ2v) is 6.93. The van der Waals surface area contributed by atoms with Crippen LogP contribution in [-0.4, -0.2) is 34.9 Å². The molecule has 0 radical (unpaired) electrons. The van der Waals surface area contributed by atoms with Crippen LogP contribution in [0.3, 0.4) is 0 Å². The van der Waals surface area contributed by atoms with Crippen LogP contribution in [0.1, 0.15) is 36.4 Å². The Hall–Kier alpha value is -2.03. The molecule has 1 aromatic heterocycles. The number of nitrogens with one attached hydrogen (secondary N) is 2. The maximum atomic E-state index is 5.73. The summed E-state index contributed by atoms with van der Waals surface area (Å²) >= 11 is 0. The van der Waals surface area contributed by atoms with Crippen LogP contribution in [0.15, 0.2) is 41.9 Å². The van der Waals surface area contributed by atoms with Gasteiger partial charge in [0.2, 0.25) is 0 Å². The number of rotatable bonds is 9. The minimum atomic E-state index is 0. The Bertz CT molecular complexity index is 816. The van der Waals surface area contributed by atoms with E-state index < -0.39 is 0 Å². The standard InChI is InChI=1S/C22H33N5O.HI/c1-7-13-28-21-12-10-9-11-19(21)15-24-22(23-8-2)25-16(3)14-20-17(4)26-27(6)18(20)5;/h7,9-12,16H,1,8,13-15H2,2-6H3,(H2,23,24,25);1H. The van der Waals surface area contributed by atoms with Crippen LogP contribution < -0.4 is 15.4 Å². The molecular weight excluding hydrogens is 477 g/mol. The van der Waals surface area contributed by atoms with E-state index in [0.717, 1.165) is 35.9 Å². The first-order valence-corrected chi connectivity index (χ1v) is 9.81. The fraction of sp³-hybridized carbons (Fsp3) is 0.455. The van der Waals surface area contributed by atoms with Crippen molar-refractivity contribution < 1.29 is 4.74 Å². The molecule has 0 fully saturated rings. The number of nitrogens with zero attached hydrogens (tertiary/aromatic N) is 3. The van der Waals surface area contributed by atoms with Crippen LogP contribution in [0.4, 0.5) is 0 Å². The van der Waals surface area contributed by atoms with Crippen molar-refractivity contribution in [2.24, 2.45) is 12.0 Å². The number of aryl methyl sites for hydroxylation is 2. The molecule has 7 heteroatoms. The number of benzene rings is 1. The van der Waals surface area contributed by atoms with Crippen molar-refractivity contribution in [3.63, 3.8) is 0 Å². The molecule has 1 atom stereocenters. The van der Waals surface area contributed by atoms with Crippen molar-refractivity contribution in [2.75, 3.05) is 13.2 Å². The molecule has 0 aliphatic heterocycles. The van der Waals surface area contributed by atoms with Gasteiger partial charge in [-0.25, -0.2) is 4.99 Å². The second-order valence-electron chi connectivity index (χ2n) is 6.93. The molecule has 1 aromatic carbocycles. The summed E-state index contributed by atoms with van der Waals surface area (Å²) in [6, 6.07) is 8.20. The van der Waals surface area contributed by atoms with Gasteiger partial charge in [-0.2, -0.15) is 5.10 Å². The fourth-order valence-electron chi connectivity index (χ4n) is 3.11. The first-order chi connectivity index (χ1) is 13.5. The lowest BCUT2D eigenvalue weighted by Gasteiger charge is -2.18. The van der Waals surface area contributed by atoms with E-state index in [-0.39, 0.29) is 30.0 Å². The summed E-state index contributed by atoms with van der Waals surface area (Å²) in [5.74, 6) is 1.64. The van der Waals surface area contributed by atoms with E-state index in [0.29, 0.717) is 13.2 Å². The highest BCUT2D eigenvalue weighted by Gasteiger charge is 2.14. The van der Waals surface area contributed by atoms with E-state index in [2.05, 4.69) is 50.0 Å². The molecule has 0 saturated heterocycles. The predicted molar refractivity (Wildman–Crippen MR) is 131 cm³/mol. The number of aromatic nitrogens is 2. The highest BCUT2D eigenvalue weighted by Crippen LogP contribution is 2.19. The Morgan fingerprint density at radius 2 is 2.07 bits per heavy atom. The van der Waals surface area contributed by atoms with Crippen LogP contribution in [0, 0.1) is 13.8 Å². The van der Waals surface area contributed by atoms with Gasteiger partial charge in [-0.1, -0.05) is 30.9 Å². The van der Waals surface area contributed by atoms with Crippen molar-refractivity contribution in [3.05, 3.63) is 59.4 Å². The average molecular weight is 511 g/mol. The average Bonchev–Trinajstić information content (AvgIpc) is 2.91. The SMILES string of the molecule is C=CCOc1ccccc1CN=C(NCC)NC(C)Cc1c(C)nn(C)c1C.I. The Morgan fingerprint density at radius 1 is 1.34 bits per heavy atom. The molecule has 0 bridgehead atoms. The number of hydrogen-bond acceptors (Lipinski definition) is 3. The third kappa shape index (κ3) is 7.38. The Labute approximate surface area is 191 Å². The zero-order valence-corrected chi connectivity index (χ0v) is 20.5. The van der Waals surface area contributed by atoms with Gasteiger partial charge in [-0.3, -0.25) is 4.68 Å². The van der Waals surface area contributed by atoms with Gasteiger partial charge < -0.3 is 15.4 Å². The fourth-order valence-corrected chi connectivity index (χ4v) is 3.11. The monoisotopic (exact) mass is 511 g/mol. The van der Waals surface area contributed by atoms with Crippen molar-refractivity contribution in [3.8, 4) is 5.75 Å². The van der Waals surface area contributed by atoms with Crippen molar-refractivity contribution >= 4 is 29.9 Å². The summed E-state index contributed by atoms with van der Waals surface area (Å²) in [5.41, 5.74) is 4.64. The number of hydrogen-bond donors (Lipinski definition) is 2. The molecule has 160 valence electrons. The summed E-state index contributed by atoms with van der Waals surface area (Å²) in [7, 11) is 1.99. The number of aliphatic imine (C=N–C) groups is 1. The molecule has 2 aromatic rings. The zero-order valence-electron chi connectivity index (χ0n) is 18.2. The van der Waals surface area contributed by atoms with Gasteiger partial charge in [0.1, 0.15) is 12.4 Å². The van der Waals surface area contributed by atoms with Crippen LogP contribution >= 0.6 is 24.0 Å². The first-order valence-electron chi connectivity index (χ1n) is 9.81. The molecule has 0 aliphatic carbocycles. The highest BCUT2D eigenvalue weighted by atomic mass is 127. The van der Waals surface area contributed by atoms with Crippen LogP contribution in [-0.2, 0) is 20.0 Å². The summed E-state index contributed by atoms with van der Waals surface area (Å²) in [4.78, 5) is 4.75. The maximum absolute atomic E-state index is 5.73. The summed E-state index contributed by atoms with van der Waals surface area (Å²) < 4.78 is 7.67. The molecule has 0 saturated carbocycles.